The van der Waals surface area contributed by atoms with E-state index < -0.39 is 0 Å². The van der Waals surface area contributed by atoms with Gasteiger partial charge in [0.05, 0.1) is 12.5 Å². The molecule has 3 heterocycles. The molecule has 0 spiro atoms. The summed E-state index contributed by atoms with van der Waals surface area (Å²) in [6.07, 6.45) is 2.06. The lowest BCUT2D eigenvalue weighted by Crippen LogP contribution is -2.24. The summed E-state index contributed by atoms with van der Waals surface area (Å²) in [6, 6.07) is 13.3. The summed E-state index contributed by atoms with van der Waals surface area (Å²) >= 11 is 0. The molecule has 4 rings (SSSR count). The maximum Gasteiger partial charge on any atom is 0.232 e. The number of hydrogen-bond donors (Lipinski definition) is 0. The number of nitrogens with zero attached hydrogens (tertiary/aromatic N) is 4. The second-order valence-corrected chi connectivity index (χ2v) is 6.42. The predicted molar refractivity (Wildman–Crippen MR) is 97.9 cm³/mol. The van der Waals surface area contributed by atoms with Gasteiger partial charge in [0.2, 0.25) is 17.6 Å². The van der Waals surface area contributed by atoms with E-state index in [0.717, 1.165) is 11.3 Å². The minimum Gasteiger partial charge on any atom is -0.494 e. The first-order valence-electron chi connectivity index (χ1n) is 8.97. The first-order chi connectivity index (χ1) is 13.2. The third kappa shape index (κ3) is 3.81. The number of ether oxygens (including phenoxy) is 1. The van der Waals surface area contributed by atoms with Gasteiger partial charge in [0.25, 0.3) is 0 Å². The summed E-state index contributed by atoms with van der Waals surface area (Å²) in [5.41, 5.74) is 1.72. The molecule has 1 saturated heterocycles. The molecule has 138 valence electrons. The quantitative estimate of drug-likeness (QED) is 0.669. The van der Waals surface area contributed by atoms with Crippen LogP contribution in [0.1, 0.15) is 30.7 Å². The Bertz CT molecular complexity index is 908. The van der Waals surface area contributed by atoms with E-state index in [1.807, 2.05) is 54.3 Å². The van der Waals surface area contributed by atoms with Crippen LogP contribution in [0.2, 0.25) is 0 Å². The van der Waals surface area contributed by atoms with E-state index in [9.17, 15) is 4.79 Å². The second kappa shape index (κ2) is 7.57. The van der Waals surface area contributed by atoms with Crippen LogP contribution in [0.3, 0.4) is 0 Å². The molecule has 1 amide bonds. The standard InChI is InChI=1S/C20H20N4O3/c1-2-26-16-8-6-14(7-9-16)12-24-13-15(11-18(24)25)20-22-19(23-27-20)17-5-3-4-10-21-17/h3-10,15H,2,11-13H2,1H3. The number of amides is 1. The van der Waals surface area contributed by atoms with Crippen LogP contribution in [0, 0.1) is 0 Å². The largest absolute Gasteiger partial charge is 0.494 e. The van der Waals surface area contributed by atoms with E-state index in [1.165, 1.54) is 0 Å². The molecule has 1 aliphatic heterocycles. The molecule has 0 N–H and O–H groups in total. The topological polar surface area (TPSA) is 81.3 Å². The lowest BCUT2D eigenvalue weighted by Gasteiger charge is -2.16. The highest BCUT2D eigenvalue weighted by atomic mass is 16.5. The zero-order chi connectivity index (χ0) is 18.6. The highest BCUT2D eigenvalue weighted by molar-refractivity contribution is 5.79. The molecule has 7 nitrogen and oxygen atoms in total. The minimum absolute atomic E-state index is 0.0893. The van der Waals surface area contributed by atoms with E-state index >= 15 is 0 Å². The van der Waals surface area contributed by atoms with Gasteiger partial charge in [-0.1, -0.05) is 23.4 Å². The summed E-state index contributed by atoms with van der Waals surface area (Å²) in [5.74, 6) is 1.76. The number of carbonyl (C=O) groups excluding carboxylic acids is 1. The maximum absolute atomic E-state index is 12.4. The van der Waals surface area contributed by atoms with Gasteiger partial charge in [0.1, 0.15) is 11.4 Å². The van der Waals surface area contributed by atoms with Gasteiger partial charge in [-0.05, 0) is 36.8 Å². The molecule has 1 fully saturated rings. The zero-order valence-corrected chi connectivity index (χ0v) is 15.0. The normalized spacial score (nSPS) is 16.7. The average Bonchev–Trinajstić information content (AvgIpc) is 3.32. The number of benzene rings is 1. The Morgan fingerprint density at radius 2 is 2.07 bits per heavy atom. The Morgan fingerprint density at radius 1 is 1.22 bits per heavy atom. The Labute approximate surface area is 157 Å². The van der Waals surface area contributed by atoms with Crippen LogP contribution >= 0.6 is 0 Å². The lowest BCUT2D eigenvalue weighted by atomic mass is 10.1. The zero-order valence-electron chi connectivity index (χ0n) is 15.0. The highest BCUT2D eigenvalue weighted by Gasteiger charge is 2.34. The van der Waals surface area contributed by atoms with Crippen molar-refractivity contribution < 1.29 is 14.1 Å². The number of aromatic nitrogens is 3. The molecule has 0 saturated carbocycles. The predicted octanol–water partition coefficient (Wildman–Crippen LogP) is 3.05. The van der Waals surface area contributed by atoms with Crippen LogP contribution < -0.4 is 4.74 Å². The summed E-state index contributed by atoms with van der Waals surface area (Å²) in [4.78, 5) is 22.9. The molecule has 1 unspecified atom stereocenters. The van der Waals surface area contributed by atoms with Gasteiger partial charge in [0.15, 0.2) is 0 Å². The fourth-order valence-corrected chi connectivity index (χ4v) is 3.17. The van der Waals surface area contributed by atoms with Gasteiger partial charge >= 0.3 is 0 Å². The van der Waals surface area contributed by atoms with Crippen molar-refractivity contribution in [1.29, 1.82) is 0 Å². The summed E-state index contributed by atoms with van der Waals surface area (Å²) < 4.78 is 10.8. The van der Waals surface area contributed by atoms with Crippen molar-refractivity contribution >= 4 is 5.91 Å². The van der Waals surface area contributed by atoms with Crippen molar-refractivity contribution in [2.75, 3.05) is 13.2 Å². The van der Waals surface area contributed by atoms with Crippen LogP contribution in [0.4, 0.5) is 0 Å². The summed E-state index contributed by atoms with van der Waals surface area (Å²) in [5, 5.41) is 4.00. The first kappa shape index (κ1) is 17.2. The second-order valence-electron chi connectivity index (χ2n) is 6.42. The molecule has 3 aromatic rings. The SMILES string of the molecule is CCOc1ccc(CN2CC(c3nc(-c4ccccn4)no3)CC2=O)cc1. The minimum atomic E-state index is -0.0924. The van der Waals surface area contributed by atoms with E-state index in [4.69, 9.17) is 9.26 Å². The van der Waals surface area contributed by atoms with Crippen LogP contribution in [-0.4, -0.2) is 39.1 Å². The van der Waals surface area contributed by atoms with E-state index in [-0.39, 0.29) is 11.8 Å². The Balaban J connectivity index is 1.42. The van der Waals surface area contributed by atoms with Crippen molar-refractivity contribution in [2.45, 2.75) is 25.8 Å². The molecule has 0 bridgehead atoms. The monoisotopic (exact) mass is 364 g/mol. The number of hydrogen-bond acceptors (Lipinski definition) is 6. The highest BCUT2D eigenvalue weighted by Crippen LogP contribution is 2.29. The van der Waals surface area contributed by atoms with Crippen molar-refractivity contribution in [3.63, 3.8) is 0 Å². The molecular weight excluding hydrogens is 344 g/mol. The fraction of sp³-hybridized carbons (Fsp3) is 0.300. The van der Waals surface area contributed by atoms with Gasteiger partial charge in [-0.25, -0.2) is 0 Å². The summed E-state index contributed by atoms with van der Waals surface area (Å²) in [6.45, 7) is 3.71. The van der Waals surface area contributed by atoms with Gasteiger partial charge in [-0.3, -0.25) is 9.78 Å². The molecule has 7 heteroatoms. The molecule has 27 heavy (non-hydrogen) atoms. The van der Waals surface area contributed by atoms with Crippen LogP contribution in [0.25, 0.3) is 11.5 Å². The Hall–Kier alpha value is -3.22. The van der Waals surface area contributed by atoms with Crippen molar-refractivity contribution in [3.8, 4) is 17.3 Å². The smallest absolute Gasteiger partial charge is 0.232 e. The van der Waals surface area contributed by atoms with E-state index in [1.54, 1.807) is 6.20 Å². The van der Waals surface area contributed by atoms with Gasteiger partial charge in [0, 0.05) is 25.7 Å². The van der Waals surface area contributed by atoms with Crippen LogP contribution in [-0.2, 0) is 11.3 Å². The third-order valence-electron chi connectivity index (χ3n) is 4.51. The fourth-order valence-electron chi connectivity index (χ4n) is 3.17. The number of pyridine rings is 1. The van der Waals surface area contributed by atoms with Crippen LogP contribution in [0.5, 0.6) is 5.75 Å². The average molecular weight is 364 g/mol. The Morgan fingerprint density at radius 3 is 2.81 bits per heavy atom. The molecule has 0 radical (unpaired) electrons. The van der Waals surface area contributed by atoms with Gasteiger partial charge in [-0.2, -0.15) is 4.98 Å². The van der Waals surface area contributed by atoms with Crippen molar-refractivity contribution in [2.24, 2.45) is 0 Å². The van der Waals surface area contributed by atoms with Crippen LogP contribution in [0.15, 0.2) is 53.2 Å². The molecule has 0 aliphatic carbocycles. The third-order valence-corrected chi connectivity index (χ3v) is 4.51. The molecule has 1 aliphatic rings. The lowest BCUT2D eigenvalue weighted by molar-refractivity contribution is -0.128. The van der Waals surface area contributed by atoms with E-state index in [0.29, 0.717) is 43.5 Å². The van der Waals surface area contributed by atoms with Gasteiger partial charge < -0.3 is 14.2 Å². The molecule has 1 aromatic carbocycles. The summed E-state index contributed by atoms with van der Waals surface area (Å²) in [7, 11) is 0. The first-order valence-corrected chi connectivity index (χ1v) is 8.97. The molecule has 1 atom stereocenters. The number of likely N-dealkylation sites (tertiary alicyclic amines) is 1. The van der Waals surface area contributed by atoms with E-state index in [2.05, 4.69) is 15.1 Å². The van der Waals surface area contributed by atoms with Gasteiger partial charge in [-0.15, -0.1) is 0 Å². The Kier molecular flexibility index (Phi) is 4.82. The molecule has 2 aromatic heterocycles. The van der Waals surface area contributed by atoms with Crippen molar-refractivity contribution in [3.05, 3.63) is 60.1 Å². The molecular formula is C20H20N4O3. The number of rotatable bonds is 6. The maximum atomic E-state index is 12.4. The van der Waals surface area contributed by atoms with Crippen molar-refractivity contribution in [1.82, 2.24) is 20.0 Å². The number of carbonyl (C=O) groups is 1.